The Morgan fingerprint density at radius 1 is 1.30 bits per heavy atom. The summed E-state index contributed by atoms with van der Waals surface area (Å²) in [5, 5.41) is 6.06. The van der Waals surface area contributed by atoms with E-state index in [1.807, 2.05) is 0 Å². The van der Waals surface area contributed by atoms with Gasteiger partial charge in [0.25, 0.3) is 0 Å². The molecule has 0 unspecified atom stereocenters. The molecule has 0 rings (SSSR count). The molecule has 5 N–H and O–H groups in total. The maximum Gasteiger partial charge on any atom is 2.00 e. The molecule has 0 saturated carbocycles. The van der Waals surface area contributed by atoms with E-state index in [0.29, 0.717) is 0 Å². The van der Waals surface area contributed by atoms with Crippen LogP contribution in [0.4, 0.5) is 0 Å². The maximum atomic E-state index is 8.52. The summed E-state index contributed by atoms with van der Waals surface area (Å²) in [7, 11) is -5.17. The molecule has 0 aliphatic heterocycles. The first-order chi connectivity index (χ1) is 3.73. The van der Waals surface area contributed by atoms with Crippen molar-refractivity contribution in [3.8, 4) is 0 Å². The molecular weight excluding hydrogens is 206 g/mol. The Kier molecular flexibility index (Phi) is 11.1. The largest absolute Gasteiger partial charge is 2.00 e. The molecule has 0 aromatic rings. The van der Waals surface area contributed by atoms with Crippen molar-refractivity contribution >= 4 is 16.4 Å². The Hall–Kier alpha value is -0.341. The molecule has 0 bridgehead atoms. The summed E-state index contributed by atoms with van der Waals surface area (Å²) in [5.74, 6) is -0.333. The van der Waals surface area contributed by atoms with Crippen molar-refractivity contribution in [1.29, 1.82) is 5.41 Å². The van der Waals surface area contributed by atoms with Gasteiger partial charge in [-0.05, 0) is 0 Å². The number of hydrogen-bond donors (Lipinski definition) is 3. The summed E-state index contributed by atoms with van der Waals surface area (Å²) in [4.78, 5) is 0. The van der Waals surface area contributed by atoms with Crippen LogP contribution in [0, 0.1) is 5.41 Å². The summed E-state index contributed by atoms with van der Waals surface area (Å²) >= 11 is 0. The van der Waals surface area contributed by atoms with Crippen LogP contribution >= 0.6 is 0 Å². The third-order valence-electron chi connectivity index (χ3n) is 0. The monoisotopic (exact) mass is 211 g/mol. The van der Waals surface area contributed by atoms with Gasteiger partial charge >= 0.3 is 17.1 Å². The van der Waals surface area contributed by atoms with E-state index in [4.69, 9.17) is 22.9 Å². The van der Waals surface area contributed by atoms with Gasteiger partial charge in [0.2, 0.25) is 0 Å². The van der Waals surface area contributed by atoms with Crippen molar-refractivity contribution in [2.45, 2.75) is 0 Å². The Labute approximate surface area is 68.3 Å². The molecule has 0 aliphatic rings. The molecule has 0 aliphatic carbocycles. The standard InChI is InChI=1S/CH5N3.Fe.H2O4S/c2-1(3)4;;1-5(2,3)4/h(H5,2,3,4);;(H2,1,2,3,4)/q;+2;/p-2. The summed E-state index contributed by atoms with van der Waals surface area (Å²) < 4.78 is 34.1. The summed E-state index contributed by atoms with van der Waals surface area (Å²) in [5.41, 5.74) is 8.94. The molecule has 0 amide bonds. The van der Waals surface area contributed by atoms with Crippen LogP contribution < -0.4 is 11.5 Å². The van der Waals surface area contributed by atoms with Gasteiger partial charge < -0.3 is 20.6 Å². The van der Waals surface area contributed by atoms with Gasteiger partial charge in [-0.25, -0.2) is 0 Å². The quantitative estimate of drug-likeness (QED) is 0.132. The first-order valence-electron chi connectivity index (χ1n) is 1.49. The zero-order chi connectivity index (χ0) is 8.08. The van der Waals surface area contributed by atoms with Crippen LogP contribution in [-0.4, -0.2) is 23.5 Å². The zero-order valence-electron chi connectivity index (χ0n) is 4.55. The van der Waals surface area contributed by atoms with Gasteiger partial charge in [0.1, 0.15) is 0 Å². The van der Waals surface area contributed by atoms with Crippen LogP contribution in [-0.2, 0) is 27.5 Å². The first-order valence-corrected chi connectivity index (χ1v) is 2.83. The molecule has 0 saturated heterocycles. The molecule has 0 aromatic carbocycles. The van der Waals surface area contributed by atoms with Crippen molar-refractivity contribution in [2.75, 3.05) is 0 Å². The van der Waals surface area contributed by atoms with Gasteiger partial charge in [-0.1, -0.05) is 0 Å². The molecule has 7 nitrogen and oxygen atoms in total. The van der Waals surface area contributed by atoms with Gasteiger partial charge in [0, 0.05) is 10.4 Å². The van der Waals surface area contributed by atoms with E-state index in [0.717, 1.165) is 0 Å². The SMILES string of the molecule is N=C(N)N.O=S(=O)([O-])[O-].[Fe+2]. The third kappa shape index (κ3) is 2930. The fourth-order valence-corrected chi connectivity index (χ4v) is 0. The average Bonchev–Trinajstić information content (AvgIpc) is 1.19. The second kappa shape index (κ2) is 6.77. The topological polar surface area (TPSA) is 156 Å². The molecule has 9 heteroatoms. The van der Waals surface area contributed by atoms with Gasteiger partial charge in [-0.15, -0.1) is 0 Å². The molecule has 10 heavy (non-hydrogen) atoms. The van der Waals surface area contributed by atoms with E-state index in [2.05, 4.69) is 11.5 Å². The minimum Gasteiger partial charge on any atom is -0.759 e. The van der Waals surface area contributed by atoms with Crippen LogP contribution in [0.5, 0.6) is 0 Å². The molecule has 0 aromatic heterocycles. The van der Waals surface area contributed by atoms with Crippen LogP contribution in [0.1, 0.15) is 0 Å². The smallest absolute Gasteiger partial charge is 0.759 e. The average molecular weight is 211 g/mol. The number of nitrogens with two attached hydrogens (primary N) is 2. The van der Waals surface area contributed by atoms with E-state index in [-0.39, 0.29) is 23.0 Å². The molecule has 0 spiro atoms. The Bertz CT molecular complexity index is 163. The second-order valence-electron chi connectivity index (χ2n) is 0.864. The van der Waals surface area contributed by atoms with Crippen LogP contribution in [0.2, 0.25) is 0 Å². The number of guanidine groups is 1. The maximum absolute atomic E-state index is 8.52. The molecule has 62 valence electrons. The van der Waals surface area contributed by atoms with E-state index >= 15 is 0 Å². The van der Waals surface area contributed by atoms with Crippen molar-refractivity contribution in [3.05, 3.63) is 0 Å². The summed E-state index contributed by atoms with van der Waals surface area (Å²) in [6.45, 7) is 0. The molecule has 0 fully saturated rings. The van der Waals surface area contributed by atoms with Gasteiger partial charge in [-0.2, -0.15) is 0 Å². The van der Waals surface area contributed by atoms with Gasteiger partial charge in [0.15, 0.2) is 5.96 Å². The van der Waals surface area contributed by atoms with Crippen molar-refractivity contribution < 1.29 is 34.6 Å². The number of rotatable bonds is 0. The van der Waals surface area contributed by atoms with Gasteiger partial charge in [-0.3, -0.25) is 13.8 Å². The van der Waals surface area contributed by atoms with Crippen LogP contribution in [0.3, 0.4) is 0 Å². The van der Waals surface area contributed by atoms with Gasteiger partial charge in [0.05, 0.1) is 0 Å². The Balaban J connectivity index is -0.0000000910. The second-order valence-corrected chi connectivity index (χ2v) is 1.68. The predicted octanol–water partition coefficient (Wildman–Crippen LogP) is -2.50. The Morgan fingerprint density at radius 3 is 1.30 bits per heavy atom. The third-order valence-corrected chi connectivity index (χ3v) is 0. The molecular formula is CH5FeN3O4S. The summed E-state index contributed by atoms with van der Waals surface area (Å²) in [6.07, 6.45) is 0. The zero-order valence-corrected chi connectivity index (χ0v) is 6.47. The minimum atomic E-state index is -5.17. The number of hydrogen-bond acceptors (Lipinski definition) is 5. The van der Waals surface area contributed by atoms with Crippen molar-refractivity contribution in [1.82, 2.24) is 0 Å². The van der Waals surface area contributed by atoms with Crippen LogP contribution in [0.25, 0.3) is 0 Å². The van der Waals surface area contributed by atoms with E-state index < -0.39 is 10.4 Å². The fourth-order valence-electron chi connectivity index (χ4n) is 0. The van der Waals surface area contributed by atoms with Crippen molar-refractivity contribution in [2.24, 2.45) is 11.5 Å². The number of nitrogens with one attached hydrogen (secondary N) is 1. The van der Waals surface area contributed by atoms with E-state index in [1.165, 1.54) is 0 Å². The predicted molar refractivity (Wildman–Crippen MR) is 26.6 cm³/mol. The van der Waals surface area contributed by atoms with Crippen molar-refractivity contribution in [3.63, 3.8) is 0 Å². The normalized spacial score (nSPS) is 8.20. The fraction of sp³-hybridized carbons (Fsp3) is 0. The Morgan fingerprint density at radius 2 is 1.30 bits per heavy atom. The molecule has 0 radical (unpaired) electrons. The summed E-state index contributed by atoms with van der Waals surface area (Å²) in [6, 6.07) is 0. The van der Waals surface area contributed by atoms with Crippen LogP contribution in [0.15, 0.2) is 0 Å². The molecule has 0 heterocycles. The van der Waals surface area contributed by atoms with E-state index in [9.17, 15) is 0 Å². The molecule has 0 atom stereocenters. The minimum absolute atomic E-state index is 0. The van der Waals surface area contributed by atoms with E-state index in [1.54, 1.807) is 0 Å². The first kappa shape index (κ1) is 16.3.